The third-order valence-corrected chi connectivity index (χ3v) is 6.45. The van der Waals surface area contributed by atoms with Gasteiger partial charge in [-0.3, -0.25) is 4.79 Å². The SMILES string of the molecule is Cc1ccc(S(=O)(=O)NCC(=O)N/N=C\c2cc(Br)ccc2OC(=O)/C=C/c2ccccc2)cc1. The Hall–Kier alpha value is -3.60. The Morgan fingerprint density at radius 1 is 1.03 bits per heavy atom. The predicted octanol–water partition coefficient (Wildman–Crippen LogP) is 3.80. The van der Waals surface area contributed by atoms with Gasteiger partial charge >= 0.3 is 5.97 Å². The van der Waals surface area contributed by atoms with Crippen molar-refractivity contribution in [2.24, 2.45) is 5.10 Å². The fourth-order valence-corrected chi connectivity index (χ4v) is 4.12. The summed E-state index contributed by atoms with van der Waals surface area (Å²) < 4.78 is 32.9. The van der Waals surface area contributed by atoms with Gasteiger partial charge in [0.15, 0.2) is 0 Å². The number of sulfonamides is 1. The van der Waals surface area contributed by atoms with Gasteiger partial charge in [-0.2, -0.15) is 5.10 Å². The molecule has 0 saturated carbocycles. The number of esters is 1. The van der Waals surface area contributed by atoms with Crippen molar-refractivity contribution < 1.29 is 22.7 Å². The molecule has 0 aliphatic rings. The summed E-state index contributed by atoms with van der Waals surface area (Å²) in [5, 5.41) is 3.84. The number of benzene rings is 3. The zero-order valence-electron chi connectivity index (χ0n) is 18.6. The molecule has 2 N–H and O–H groups in total. The Morgan fingerprint density at radius 2 is 1.74 bits per heavy atom. The van der Waals surface area contributed by atoms with Gasteiger partial charge in [-0.15, -0.1) is 0 Å². The fourth-order valence-electron chi connectivity index (χ4n) is 2.76. The molecule has 0 aliphatic heterocycles. The second-order valence-electron chi connectivity index (χ2n) is 7.28. The summed E-state index contributed by atoms with van der Waals surface area (Å²) >= 11 is 3.34. The van der Waals surface area contributed by atoms with Crippen LogP contribution in [0.3, 0.4) is 0 Å². The first-order chi connectivity index (χ1) is 16.7. The summed E-state index contributed by atoms with van der Waals surface area (Å²) in [5.41, 5.74) is 4.43. The average molecular weight is 556 g/mol. The van der Waals surface area contributed by atoms with Crippen molar-refractivity contribution in [2.75, 3.05) is 6.54 Å². The van der Waals surface area contributed by atoms with E-state index in [0.717, 1.165) is 11.1 Å². The molecule has 10 heteroatoms. The number of nitrogens with one attached hydrogen (secondary N) is 2. The minimum atomic E-state index is -3.83. The molecule has 180 valence electrons. The van der Waals surface area contributed by atoms with Gasteiger partial charge in [0.2, 0.25) is 10.0 Å². The highest BCUT2D eigenvalue weighted by atomic mass is 79.9. The van der Waals surface area contributed by atoms with E-state index >= 15 is 0 Å². The Labute approximate surface area is 211 Å². The van der Waals surface area contributed by atoms with Gasteiger partial charge in [-0.05, 0) is 48.9 Å². The number of aryl methyl sites for hydroxylation is 1. The zero-order chi connectivity index (χ0) is 25.3. The number of rotatable bonds is 9. The first-order valence-corrected chi connectivity index (χ1v) is 12.6. The number of amides is 1. The normalized spacial score (nSPS) is 11.6. The number of carbonyl (C=O) groups excluding carboxylic acids is 2. The summed E-state index contributed by atoms with van der Waals surface area (Å²) in [7, 11) is -3.83. The number of ether oxygens (including phenoxy) is 1. The zero-order valence-corrected chi connectivity index (χ0v) is 21.0. The van der Waals surface area contributed by atoms with E-state index in [2.05, 4.69) is 31.2 Å². The lowest BCUT2D eigenvalue weighted by Crippen LogP contribution is -2.34. The molecular formula is C25H22BrN3O5S. The molecule has 8 nitrogen and oxygen atoms in total. The van der Waals surface area contributed by atoms with Crippen LogP contribution in [-0.4, -0.2) is 33.1 Å². The Morgan fingerprint density at radius 3 is 2.46 bits per heavy atom. The van der Waals surface area contributed by atoms with Gasteiger partial charge in [0.25, 0.3) is 5.91 Å². The second-order valence-corrected chi connectivity index (χ2v) is 9.96. The van der Waals surface area contributed by atoms with Crippen LogP contribution in [-0.2, 0) is 19.6 Å². The summed E-state index contributed by atoms with van der Waals surface area (Å²) in [4.78, 5) is 24.3. The van der Waals surface area contributed by atoms with E-state index in [1.165, 1.54) is 24.4 Å². The predicted molar refractivity (Wildman–Crippen MR) is 137 cm³/mol. The van der Waals surface area contributed by atoms with Gasteiger partial charge in [0, 0.05) is 16.1 Å². The summed E-state index contributed by atoms with van der Waals surface area (Å²) in [6.45, 7) is 1.34. The molecule has 0 unspecified atom stereocenters. The second kappa shape index (κ2) is 12.2. The maximum Gasteiger partial charge on any atom is 0.336 e. The lowest BCUT2D eigenvalue weighted by molar-refractivity contribution is -0.129. The fraction of sp³-hybridized carbons (Fsp3) is 0.0800. The van der Waals surface area contributed by atoms with Crippen molar-refractivity contribution in [3.63, 3.8) is 0 Å². The minimum Gasteiger partial charge on any atom is -0.423 e. The third-order valence-electron chi connectivity index (χ3n) is 4.54. The maximum atomic E-state index is 12.3. The van der Waals surface area contributed by atoms with E-state index in [0.29, 0.717) is 10.0 Å². The van der Waals surface area contributed by atoms with Crippen molar-refractivity contribution in [1.29, 1.82) is 0 Å². The van der Waals surface area contributed by atoms with E-state index in [4.69, 9.17) is 4.74 Å². The number of hydrogen-bond donors (Lipinski definition) is 2. The third kappa shape index (κ3) is 8.29. The topological polar surface area (TPSA) is 114 Å². The van der Waals surface area contributed by atoms with Crippen LogP contribution in [0.1, 0.15) is 16.7 Å². The lowest BCUT2D eigenvalue weighted by atomic mass is 10.2. The largest absolute Gasteiger partial charge is 0.423 e. The quantitative estimate of drug-likeness (QED) is 0.137. The smallest absolute Gasteiger partial charge is 0.336 e. The molecule has 0 heterocycles. The average Bonchev–Trinajstić information content (AvgIpc) is 2.84. The number of carbonyl (C=O) groups is 2. The molecule has 0 fully saturated rings. The van der Waals surface area contributed by atoms with Crippen molar-refractivity contribution in [1.82, 2.24) is 10.1 Å². The monoisotopic (exact) mass is 555 g/mol. The van der Waals surface area contributed by atoms with Gasteiger partial charge in [-0.25, -0.2) is 23.4 Å². The van der Waals surface area contributed by atoms with Crippen molar-refractivity contribution in [3.8, 4) is 5.75 Å². The van der Waals surface area contributed by atoms with Crippen molar-refractivity contribution in [2.45, 2.75) is 11.8 Å². The molecule has 0 saturated heterocycles. The Bertz CT molecular complexity index is 1360. The molecule has 3 aromatic carbocycles. The summed E-state index contributed by atoms with van der Waals surface area (Å²) in [6, 6.07) is 20.5. The number of nitrogens with zero attached hydrogens (tertiary/aromatic N) is 1. The van der Waals surface area contributed by atoms with Crippen LogP contribution >= 0.6 is 15.9 Å². The van der Waals surface area contributed by atoms with Crippen LogP contribution in [0.4, 0.5) is 0 Å². The van der Waals surface area contributed by atoms with Crippen LogP contribution in [0.25, 0.3) is 6.08 Å². The van der Waals surface area contributed by atoms with Crippen molar-refractivity contribution in [3.05, 3.63) is 100 Å². The molecule has 0 aliphatic carbocycles. The number of hydrazone groups is 1. The molecule has 0 atom stereocenters. The highest BCUT2D eigenvalue weighted by Crippen LogP contribution is 2.22. The van der Waals surface area contributed by atoms with Gasteiger partial charge in [0.05, 0.1) is 17.7 Å². The molecule has 3 rings (SSSR count). The van der Waals surface area contributed by atoms with E-state index in [9.17, 15) is 18.0 Å². The highest BCUT2D eigenvalue weighted by molar-refractivity contribution is 9.10. The first kappa shape index (κ1) is 26.0. The minimum absolute atomic E-state index is 0.0568. The molecule has 0 aromatic heterocycles. The van der Waals surface area contributed by atoms with E-state index in [1.54, 1.807) is 36.4 Å². The van der Waals surface area contributed by atoms with Crippen LogP contribution in [0.2, 0.25) is 0 Å². The molecule has 35 heavy (non-hydrogen) atoms. The molecule has 3 aromatic rings. The standard InChI is InChI=1S/C25H22BrN3O5S/c1-18-7-11-22(12-8-18)35(32,33)28-17-24(30)29-27-16-20-15-21(26)10-13-23(20)34-25(31)14-9-19-5-3-2-4-6-19/h2-16,28H,17H2,1H3,(H,29,30)/b14-9+,27-16-. The van der Waals surface area contributed by atoms with Crippen LogP contribution in [0.5, 0.6) is 5.75 Å². The highest BCUT2D eigenvalue weighted by Gasteiger charge is 2.15. The number of hydrogen-bond acceptors (Lipinski definition) is 6. The van der Waals surface area contributed by atoms with Crippen LogP contribution in [0, 0.1) is 6.92 Å². The Kier molecular flexibility index (Phi) is 9.07. The Balaban J connectivity index is 1.58. The molecule has 1 amide bonds. The maximum absolute atomic E-state index is 12.3. The van der Waals surface area contributed by atoms with Gasteiger partial charge in [0.1, 0.15) is 5.75 Å². The summed E-state index contributed by atoms with van der Waals surface area (Å²) in [5.74, 6) is -1.02. The molecule has 0 spiro atoms. The van der Waals surface area contributed by atoms with Gasteiger partial charge in [-0.1, -0.05) is 64.0 Å². The first-order valence-electron chi connectivity index (χ1n) is 10.4. The van der Waals surface area contributed by atoms with E-state index in [1.807, 2.05) is 37.3 Å². The van der Waals surface area contributed by atoms with E-state index < -0.39 is 28.4 Å². The van der Waals surface area contributed by atoms with Crippen LogP contribution in [0.15, 0.2) is 93.3 Å². The van der Waals surface area contributed by atoms with Crippen LogP contribution < -0.4 is 14.9 Å². The van der Waals surface area contributed by atoms with Crippen molar-refractivity contribution >= 4 is 50.1 Å². The lowest BCUT2D eigenvalue weighted by Gasteiger charge is -2.07. The summed E-state index contributed by atoms with van der Waals surface area (Å²) in [6.07, 6.45) is 4.23. The molecule has 0 radical (unpaired) electrons. The number of halogens is 1. The molecular weight excluding hydrogens is 534 g/mol. The molecule has 0 bridgehead atoms. The van der Waals surface area contributed by atoms with E-state index in [-0.39, 0.29) is 10.6 Å². The van der Waals surface area contributed by atoms with Gasteiger partial charge < -0.3 is 4.74 Å².